The molecule has 1 saturated heterocycles. The number of morpholine rings is 1. The molecule has 0 radical (unpaired) electrons. The van der Waals surface area contributed by atoms with Gasteiger partial charge in [-0.05, 0) is 53.5 Å². The zero-order valence-electron chi connectivity index (χ0n) is 13.8. The zero-order valence-corrected chi connectivity index (χ0v) is 13.8. The van der Waals surface area contributed by atoms with Crippen LogP contribution in [0.4, 0.5) is 0 Å². The molecule has 0 amide bonds. The second-order valence-corrected chi connectivity index (χ2v) is 6.47. The third-order valence-electron chi connectivity index (χ3n) is 3.96. The van der Waals surface area contributed by atoms with Crippen molar-refractivity contribution in [3.05, 3.63) is 0 Å². The Kier molecular flexibility index (Phi) is 6.94. The van der Waals surface area contributed by atoms with E-state index in [-0.39, 0.29) is 5.54 Å². The summed E-state index contributed by atoms with van der Waals surface area (Å²) in [4.78, 5) is 2.46. The van der Waals surface area contributed by atoms with Crippen LogP contribution < -0.4 is 5.32 Å². The Balaban J connectivity index is 2.42. The van der Waals surface area contributed by atoms with Gasteiger partial charge in [-0.15, -0.1) is 0 Å². The van der Waals surface area contributed by atoms with E-state index in [1.807, 2.05) is 0 Å². The number of ether oxygens (including phenoxy) is 1. The number of nitrogens with one attached hydrogen (secondary N) is 1. The number of rotatable bonds is 7. The highest BCUT2D eigenvalue weighted by atomic mass is 16.5. The van der Waals surface area contributed by atoms with E-state index in [2.05, 4.69) is 50.9 Å². The fourth-order valence-corrected chi connectivity index (χ4v) is 3.14. The van der Waals surface area contributed by atoms with E-state index in [1.54, 1.807) is 0 Å². The van der Waals surface area contributed by atoms with Gasteiger partial charge in [0, 0.05) is 19.1 Å². The molecule has 1 rings (SSSR count). The standard InChI is InChI=1S/C16H31N3O/c1-6-16(12-17,18-13(2)3)8-7-9-19-10-14(4)20-15(5)11-19/h13-15,18H,6-11H2,1-5H3. The zero-order chi connectivity index (χ0) is 15.2. The molecule has 0 saturated carbocycles. The maximum absolute atomic E-state index is 9.50. The lowest BCUT2D eigenvalue weighted by Gasteiger charge is -2.36. The summed E-state index contributed by atoms with van der Waals surface area (Å²) in [6, 6.07) is 2.84. The molecule has 0 aromatic heterocycles. The van der Waals surface area contributed by atoms with E-state index >= 15 is 0 Å². The van der Waals surface area contributed by atoms with Crippen LogP contribution in [-0.2, 0) is 4.74 Å². The van der Waals surface area contributed by atoms with Gasteiger partial charge in [0.05, 0.1) is 18.3 Å². The number of nitriles is 1. The Morgan fingerprint density at radius 2 is 1.95 bits per heavy atom. The van der Waals surface area contributed by atoms with Gasteiger partial charge in [-0.1, -0.05) is 6.92 Å². The average molecular weight is 281 g/mol. The molecule has 0 aliphatic carbocycles. The highest BCUT2D eigenvalue weighted by Gasteiger charge is 2.29. The molecule has 0 bridgehead atoms. The van der Waals surface area contributed by atoms with Crippen LogP contribution in [0, 0.1) is 11.3 Å². The minimum absolute atomic E-state index is 0.319. The monoisotopic (exact) mass is 281 g/mol. The summed E-state index contributed by atoms with van der Waals surface area (Å²) in [5.74, 6) is 0. The first kappa shape index (κ1) is 17.4. The van der Waals surface area contributed by atoms with Crippen LogP contribution in [0.15, 0.2) is 0 Å². The SMILES string of the molecule is CCC(C#N)(CCCN1CC(C)OC(C)C1)NC(C)C. The minimum Gasteiger partial charge on any atom is -0.373 e. The quantitative estimate of drug-likeness (QED) is 0.779. The Bertz CT molecular complexity index is 316. The molecule has 0 aromatic carbocycles. The summed E-state index contributed by atoms with van der Waals surface area (Å²) in [5.41, 5.74) is -0.363. The van der Waals surface area contributed by atoms with Crippen LogP contribution in [0.1, 0.15) is 53.9 Å². The maximum Gasteiger partial charge on any atom is 0.106 e. The van der Waals surface area contributed by atoms with Crippen molar-refractivity contribution >= 4 is 0 Å². The average Bonchev–Trinajstić information content (AvgIpc) is 2.36. The van der Waals surface area contributed by atoms with Gasteiger partial charge in [-0.3, -0.25) is 10.2 Å². The second kappa shape index (κ2) is 7.97. The minimum atomic E-state index is -0.363. The first-order valence-electron chi connectivity index (χ1n) is 7.97. The summed E-state index contributed by atoms with van der Waals surface area (Å²) in [7, 11) is 0. The predicted octanol–water partition coefficient (Wildman–Crippen LogP) is 2.55. The molecule has 0 aromatic rings. The van der Waals surface area contributed by atoms with Gasteiger partial charge in [0.15, 0.2) is 0 Å². The maximum atomic E-state index is 9.50. The molecule has 1 aliphatic heterocycles. The number of hydrogen-bond acceptors (Lipinski definition) is 4. The van der Waals surface area contributed by atoms with Crippen LogP contribution in [-0.4, -0.2) is 48.3 Å². The van der Waals surface area contributed by atoms with Crippen LogP contribution in [0.3, 0.4) is 0 Å². The van der Waals surface area contributed by atoms with Gasteiger partial charge < -0.3 is 4.74 Å². The summed E-state index contributed by atoms with van der Waals surface area (Å²) >= 11 is 0. The fourth-order valence-electron chi connectivity index (χ4n) is 3.14. The molecule has 20 heavy (non-hydrogen) atoms. The van der Waals surface area contributed by atoms with E-state index in [4.69, 9.17) is 4.74 Å². The molecule has 1 N–H and O–H groups in total. The lowest BCUT2D eigenvalue weighted by atomic mass is 9.91. The lowest BCUT2D eigenvalue weighted by molar-refractivity contribution is -0.0684. The number of nitrogens with zero attached hydrogens (tertiary/aromatic N) is 2. The first-order chi connectivity index (χ1) is 9.40. The van der Waals surface area contributed by atoms with Gasteiger partial charge >= 0.3 is 0 Å². The summed E-state index contributed by atoms with van der Waals surface area (Å²) in [6.45, 7) is 13.6. The molecular weight excluding hydrogens is 250 g/mol. The summed E-state index contributed by atoms with van der Waals surface area (Å²) < 4.78 is 5.75. The molecular formula is C16H31N3O. The molecule has 1 heterocycles. The van der Waals surface area contributed by atoms with Crippen LogP contribution in [0.25, 0.3) is 0 Å². The van der Waals surface area contributed by atoms with Gasteiger partial charge in [-0.2, -0.15) is 5.26 Å². The largest absolute Gasteiger partial charge is 0.373 e. The Morgan fingerprint density at radius 3 is 2.40 bits per heavy atom. The topological polar surface area (TPSA) is 48.3 Å². The van der Waals surface area contributed by atoms with E-state index < -0.39 is 0 Å². The van der Waals surface area contributed by atoms with Crippen molar-refractivity contribution in [2.75, 3.05) is 19.6 Å². The molecule has 0 spiro atoms. The Morgan fingerprint density at radius 1 is 1.35 bits per heavy atom. The highest BCUT2D eigenvalue weighted by Crippen LogP contribution is 2.19. The summed E-state index contributed by atoms with van der Waals surface area (Å²) in [6.07, 6.45) is 3.47. The van der Waals surface area contributed by atoms with Crippen molar-refractivity contribution in [2.45, 2.75) is 77.7 Å². The van der Waals surface area contributed by atoms with Gasteiger partial charge in [0.2, 0.25) is 0 Å². The molecule has 1 fully saturated rings. The third kappa shape index (κ3) is 5.40. The van der Waals surface area contributed by atoms with Crippen molar-refractivity contribution in [1.29, 1.82) is 5.26 Å². The van der Waals surface area contributed by atoms with Gasteiger partial charge in [-0.25, -0.2) is 0 Å². The van der Waals surface area contributed by atoms with Crippen molar-refractivity contribution in [1.82, 2.24) is 10.2 Å². The molecule has 3 unspecified atom stereocenters. The van der Waals surface area contributed by atoms with Gasteiger partial charge in [0.1, 0.15) is 5.54 Å². The van der Waals surface area contributed by atoms with Crippen molar-refractivity contribution in [3.8, 4) is 6.07 Å². The van der Waals surface area contributed by atoms with E-state index in [0.717, 1.165) is 38.9 Å². The lowest BCUT2D eigenvalue weighted by Crippen LogP contribution is -2.48. The smallest absolute Gasteiger partial charge is 0.106 e. The molecule has 116 valence electrons. The fraction of sp³-hybridized carbons (Fsp3) is 0.938. The third-order valence-corrected chi connectivity index (χ3v) is 3.96. The Hall–Kier alpha value is -0.630. The van der Waals surface area contributed by atoms with Crippen molar-refractivity contribution in [2.24, 2.45) is 0 Å². The van der Waals surface area contributed by atoms with Crippen LogP contribution in [0.5, 0.6) is 0 Å². The summed E-state index contributed by atoms with van der Waals surface area (Å²) in [5, 5.41) is 12.9. The van der Waals surface area contributed by atoms with E-state index in [1.165, 1.54) is 0 Å². The van der Waals surface area contributed by atoms with E-state index in [9.17, 15) is 5.26 Å². The predicted molar refractivity (Wildman–Crippen MR) is 82.6 cm³/mol. The Labute approximate surface area is 124 Å². The van der Waals surface area contributed by atoms with Crippen molar-refractivity contribution in [3.63, 3.8) is 0 Å². The molecule has 3 atom stereocenters. The van der Waals surface area contributed by atoms with Crippen LogP contribution in [0.2, 0.25) is 0 Å². The van der Waals surface area contributed by atoms with E-state index in [0.29, 0.717) is 18.2 Å². The number of hydrogen-bond donors (Lipinski definition) is 1. The first-order valence-corrected chi connectivity index (χ1v) is 7.97. The second-order valence-electron chi connectivity index (χ2n) is 6.47. The highest BCUT2D eigenvalue weighted by molar-refractivity contribution is 5.06. The molecule has 1 aliphatic rings. The normalized spacial score (nSPS) is 27.2. The van der Waals surface area contributed by atoms with Crippen LogP contribution >= 0.6 is 0 Å². The van der Waals surface area contributed by atoms with Crippen molar-refractivity contribution < 1.29 is 4.74 Å². The molecule has 4 nitrogen and oxygen atoms in total. The van der Waals surface area contributed by atoms with Gasteiger partial charge in [0.25, 0.3) is 0 Å². The molecule has 4 heteroatoms.